The Balaban J connectivity index is 1.60. The van der Waals surface area contributed by atoms with E-state index < -0.39 is 5.97 Å². The van der Waals surface area contributed by atoms with Gasteiger partial charge in [-0.1, -0.05) is 30.3 Å². The maximum Gasteiger partial charge on any atom is 0.303 e. The summed E-state index contributed by atoms with van der Waals surface area (Å²) in [5.41, 5.74) is 1.07. The number of aliphatic carboxylic acids is 1. The summed E-state index contributed by atoms with van der Waals surface area (Å²) in [7, 11) is 0. The van der Waals surface area contributed by atoms with Crippen molar-refractivity contribution in [1.29, 1.82) is 0 Å². The topological polar surface area (TPSA) is 86.7 Å². The van der Waals surface area contributed by atoms with Crippen LogP contribution in [0.15, 0.2) is 30.3 Å². The predicted molar refractivity (Wildman–Crippen MR) is 96.4 cm³/mol. The monoisotopic (exact) mass is 358 g/mol. The van der Waals surface area contributed by atoms with Crippen molar-refractivity contribution >= 4 is 17.8 Å². The summed E-state index contributed by atoms with van der Waals surface area (Å²) < 4.78 is 0. The smallest absolute Gasteiger partial charge is 0.303 e. The summed E-state index contributed by atoms with van der Waals surface area (Å²) in [5.74, 6) is -0.963. The van der Waals surface area contributed by atoms with E-state index in [4.69, 9.17) is 5.11 Å². The Morgan fingerprint density at radius 2 is 1.92 bits per heavy atom. The minimum Gasteiger partial charge on any atom is -0.481 e. The molecule has 1 saturated carbocycles. The zero-order chi connectivity index (χ0) is 18.5. The first kappa shape index (κ1) is 18.4. The lowest BCUT2D eigenvalue weighted by Gasteiger charge is -2.33. The first-order valence-corrected chi connectivity index (χ1v) is 9.38. The summed E-state index contributed by atoms with van der Waals surface area (Å²) in [6.07, 6.45) is 4.10. The van der Waals surface area contributed by atoms with Crippen molar-refractivity contribution in [3.8, 4) is 0 Å². The highest BCUT2D eigenvalue weighted by Crippen LogP contribution is 2.31. The van der Waals surface area contributed by atoms with Gasteiger partial charge in [-0.15, -0.1) is 0 Å². The predicted octanol–water partition coefficient (Wildman–Crippen LogP) is 1.98. The molecule has 2 atom stereocenters. The third-order valence-electron chi connectivity index (χ3n) is 5.18. The second kappa shape index (κ2) is 8.34. The van der Waals surface area contributed by atoms with E-state index in [-0.39, 0.29) is 30.2 Å². The molecule has 1 aromatic carbocycles. The fourth-order valence-electron chi connectivity index (χ4n) is 3.57. The molecule has 3 rings (SSSR count). The van der Waals surface area contributed by atoms with Crippen LogP contribution < -0.4 is 5.32 Å². The largest absolute Gasteiger partial charge is 0.481 e. The van der Waals surface area contributed by atoms with E-state index in [1.165, 1.54) is 0 Å². The van der Waals surface area contributed by atoms with Gasteiger partial charge in [-0.05, 0) is 37.7 Å². The number of carboxylic acids is 1. The molecule has 1 aromatic rings. The molecule has 1 aliphatic carbocycles. The number of benzene rings is 1. The Hall–Kier alpha value is -2.37. The van der Waals surface area contributed by atoms with Crippen LogP contribution in [0.2, 0.25) is 0 Å². The molecule has 1 heterocycles. The van der Waals surface area contributed by atoms with Gasteiger partial charge in [0.15, 0.2) is 0 Å². The Morgan fingerprint density at radius 1 is 1.19 bits per heavy atom. The van der Waals surface area contributed by atoms with Crippen molar-refractivity contribution in [2.45, 2.75) is 57.0 Å². The van der Waals surface area contributed by atoms with Gasteiger partial charge in [-0.2, -0.15) is 0 Å². The maximum atomic E-state index is 12.7. The van der Waals surface area contributed by atoms with Crippen LogP contribution in [0, 0.1) is 5.92 Å². The minimum absolute atomic E-state index is 0.0229. The number of nitrogens with zero attached hydrogens (tertiary/aromatic N) is 1. The number of amides is 2. The number of piperidine rings is 1. The quantitative estimate of drug-likeness (QED) is 0.744. The number of carboxylic acid groups (broad SMARTS) is 1. The van der Waals surface area contributed by atoms with Gasteiger partial charge in [-0.25, -0.2) is 0 Å². The van der Waals surface area contributed by atoms with Crippen LogP contribution in [0.4, 0.5) is 0 Å². The average Bonchev–Trinajstić information content (AvgIpc) is 3.46. The Bertz CT molecular complexity index is 657. The van der Waals surface area contributed by atoms with Crippen molar-refractivity contribution in [2.75, 3.05) is 6.54 Å². The zero-order valence-electron chi connectivity index (χ0n) is 14.9. The Morgan fingerprint density at radius 3 is 2.58 bits per heavy atom. The molecule has 2 N–H and O–H groups in total. The van der Waals surface area contributed by atoms with E-state index >= 15 is 0 Å². The van der Waals surface area contributed by atoms with E-state index in [0.717, 1.165) is 18.4 Å². The van der Waals surface area contributed by atoms with Crippen LogP contribution in [-0.4, -0.2) is 46.4 Å². The van der Waals surface area contributed by atoms with Crippen molar-refractivity contribution in [1.82, 2.24) is 10.2 Å². The second-order valence-corrected chi connectivity index (χ2v) is 7.34. The van der Waals surface area contributed by atoms with Crippen molar-refractivity contribution in [2.24, 2.45) is 5.92 Å². The SMILES string of the molecule is O=C(O)CCC(Cc1ccccc1)NC(=O)C1CCC(=O)N(C2CC2)C1. The molecule has 2 amide bonds. The molecule has 0 aromatic heterocycles. The molecule has 140 valence electrons. The molecule has 2 aliphatic rings. The molecular formula is C20H26N2O4. The van der Waals surface area contributed by atoms with Crippen LogP contribution in [-0.2, 0) is 20.8 Å². The summed E-state index contributed by atoms with van der Waals surface area (Å²) in [6, 6.07) is 9.87. The molecule has 2 unspecified atom stereocenters. The Labute approximate surface area is 153 Å². The van der Waals surface area contributed by atoms with E-state index in [0.29, 0.717) is 38.3 Å². The molecule has 6 heteroatoms. The van der Waals surface area contributed by atoms with Gasteiger partial charge in [0.25, 0.3) is 0 Å². The number of hydrogen-bond acceptors (Lipinski definition) is 3. The highest BCUT2D eigenvalue weighted by molar-refractivity contribution is 5.84. The summed E-state index contributed by atoms with van der Waals surface area (Å²) in [4.78, 5) is 37.6. The summed E-state index contributed by atoms with van der Waals surface area (Å²) >= 11 is 0. The molecule has 0 radical (unpaired) electrons. The van der Waals surface area contributed by atoms with E-state index in [2.05, 4.69) is 5.32 Å². The average molecular weight is 358 g/mol. The molecular weight excluding hydrogens is 332 g/mol. The third kappa shape index (κ3) is 5.07. The minimum atomic E-state index is -0.861. The summed E-state index contributed by atoms with van der Waals surface area (Å²) in [6.45, 7) is 0.492. The number of rotatable bonds is 8. The van der Waals surface area contributed by atoms with Gasteiger partial charge in [0.1, 0.15) is 0 Å². The number of hydrogen-bond donors (Lipinski definition) is 2. The van der Waals surface area contributed by atoms with Crippen molar-refractivity contribution in [3.05, 3.63) is 35.9 Å². The van der Waals surface area contributed by atoms with Crippen LogP contribution in [0.1, 0.15) is 44.1 Å². The molecule has 1 saturated heterocycles. The van der Waals surface area contributed by atoms with Gasteiger partial charge >= 0.3 is 5.97 Å². The normalized spacial score (nSPS) is 21.3. The number of carbonyl (C=O) groups excluding carboxylic acids is 2. The van der Waals surface area contributed by atoms with Gasteiger partial charge in [0.2, 0.25) is 11.8 Å². The number of carbonyl (C=O) groups is 3. The lowest BCUT2D eigenvalue weighted by molar-refractivity contribution is -0.140. The van der Waals surface area contributed by atoms with Crippen LogP contribution in [0.3, 0.4) is 0 Å². The van der Waals surface area contributed by atoms with Crippen LogP contribution >= 0.6 is 0 Å². The summed E-state index contributed by atoms with van der Waals surface area (Å²) in [5, 5.41) is 12.0. The highest BCUT2D eigenvalue weighted by atomic mass is 16.4. The second-order valence-electron chi connectivity index (χ2n) is 7.34. The fourth-order valence-corrected chi connectivity index (χ4v) is 3.57. The Kier molecular flexibility index (Phi) is 5.91. The lowest BCUT2D eigenvalue weighted by Crippen LogP contribution is -2.49. The number of likely N-dealkylation sites (tertiary alicyclic amines) is 1. The highest BCUT2D eigenvalue weighted by Gasteiger charge is 2.38. The molecule has 6 nitrogen and oxygen atoms in total. The van der Waals surface area contributed by atoms with E-state index in [1.54, 1.807) is 0 Å². The van der Waals surface area contributed by atoms with Crippen molar-refractivity contribution in [3.63, 3.8) is 0 Å². The standard InChI is InChI=1S/C20H26N2O4/c23-18-10-6-15(13-22(18)17-8-9-17)20(26)21-16(7-11-19(24)25)12-14-4-2-1-3-5-14/h1-5,15-17H,6-13H2,(H,21,26)(H,24,25). The van der Waals surface area contributed by atoms with Crippen molar-refractivity contribution < 1.29 is 19.5 Å². The molecule has 2 fully saturated rings. The van der Waals surface area contributed by atoms with Gasteiger partial charge in [0.05, 0.1) is 5.92 Å². The molecule has 1 aliphatic heterocycles. The molecule has 26 heavy (non-hydrogen) atoms. The van der Waals surface area contributed by atoms with E-state index in [1.807, 2.05) is 35.2 Å². The van der Waals surface area contributed by atoms with E-state index in [9.17, 15) is 14.4 Å². The zero-order valence-corrected chi connectivity index (χ0v) is 14.9. The fraction of sp³-hybridized carbons (Fsp3) is 0.550. The van der Waals surface area contributed by atoms with Gasteiger partial charge in [-0.3, -0.25) is 14.4 Å². The molecule has 0 spiro atoms. The lowest BCUT2D eigenvalue weighted by atomic mass is 9.95. The first-order valence-electron chi connectivity index (χ1n) is 9.38. The third-order valence-corrected chi connectivity index (χ3v) is 5.18. The van der Waals surface area contributed by atoms with Crippen LogP contribution in [0.5, 0.6) is 0 Å². The first-order chi connectivity index (χ1) is 12.5. The maximum absolute atomic E-state index is 12.7. The van der Waals surface area contributed by atoms with Crippen LogP contribution in [0.25, 0.3) is 0 Å². The van der Waals surface area contributed by atoms with Gasteiger partial charge in [0, 0.05) is 31.5 Å². The molecule has 0 bridgehead atoms. The van der Waals surface area contributed by atoms with Gasteiger partial charge < -0.3 is 15.3 Å². The number of nitrogens with one attached hydrogen (secondary N) is 1.